The number of hydrogen-bond donors (Lipinski definition) is 1. The molecule has 0 fully saturated rings. The number of phenolic OH excluding ortho intramolecular Hbond substituents is 1. The summed E-state index contributed by atoms with van der Waals surface area (Å²) in [5.74, 6) is -0.334. The summed E-state index contributed by atoms with van der Waals surface area (Å²) in [5, 5.41) is 8.97. The summed E-state index contributed by atoms with van der Waals surface area (Å²) in [4.78, 5) is 10.2. The van der Waals surface area contributed by atoms with E-state index in [1.807, 2.05) is 0 Å². The topological polar surface area (TPSA) is 70.3 Å². The number of hydrogen-bond acceptors (Lipinski definition) is 3. The first-order chi connectivity index (χ1) is 5.68. The van der Waals surface area contributed by atoms with Crippen LogP contribution in [0.5, 0.6) is 11.5 Å². The molecule has 1 aromatic rings. The van der Waals surface area contributed by atoms with Crippen LogP contribution in [0.15, 0.2) is 24.3 Å². The average Bonchev–Trinajstić information content (AvgIpc) is 2.01. The van der Waals surface area contributed by atoms with E-state index in [4.69, 9.17) is 15.6 Å². The quantitative estimate of drug-likeness (QED) is 0.713. The van der Waals surface area contributed by atoms with Crippen molar-refractivity contribution in [1.29, 1.82) is 0 Å². The summed E-state index contributed by atoms with van der Waals surface area (Å²) in [5.41, 5.74) is 6.55. The van der Waals surface area contributed by atoms with Crippen molar-refractivity contribution in [2.45, 2.75) is 0 Å². The molecule has 1 rings (SSSR count). The van der Waals surface area contributed by atoms with E-state index in [0.717, 1.165) is 0 Å². The zero-order valence-electron chi connectivity index (χ0n) is 6.28. The number of carbonyl (C=O) groups is 1. The molecule has 2 N–H and O–H groups in total. The van der Waals surface area contributed by atoms with Gasteiger partial charge in [-0.1, -0.05) is 6.07 Å². The minimum atomic E-state index is -0.793. The van der Waals surface area contributed by atoms with Gasteiger partial charge in [-0.2, -0.15) is 0 Å². The van der Waals surface area contributed by atoms with E-state index in [-0.39, 0.29) is 12.4 Å². The number of carbonyl (C=O) groups excluding carboxylic acids is 1. The Bertz CT molecular complexity index is 285. The Morgan fingerprint density at radius 2 is 2.33 bits per heavy atom. The van der Waals surface area contributed by atoms with E-state index >= 15 is 0 Å². The van der Waals surface area contributed by atoms with Crippen molar-refractivity contribution in [3.8, 4) is 11.5 Å². The highest BCUT2D eigenvalue weighted by atomic mass is 16.5. The van der Waals surface area contributed by atoms with Crippen LogP contribution in [0.1, 0.15) is 0 Å². The first kappa shape index (κ1) is 8.39. The Kier molecular flexibility index (Phi) is 2.53. The van der Waals surface area contributed by atoms with Crippen LogP contribution < -0.4 is 10.5 Å². The van der Waals surface area contributed by atoms with Gasteiger partial charge < -0.3 is 9.84 Å². The van der Waals surface area contributed by atoms with Crippen LogP contribution in [-0.4, -0.2) is 17.6 Å². The Morgan fingerprint density at radius 1 is 1.58 bits per heavy atom. The van der Waals surface area contributed by atoms with E-state index in [1.54, 1.807) is 12.1 Å². The van der Waals surface area contributed by atoms with Crippen molar-refractivity contribution in [1.82, 2.24) is 5.73 Å². The fourth-order valence-electron chi connectivity index (χ4n) is 0.722. The second-order valence-corrected chi connectivity index (χ2v) is 2.21. The molecule has 0 aliphatic carbocycles. The molecule has 0 bridgehead atoms. The standard InChI is InChI=1S/C8H8NO3/c9-8(11)5-12-7-3-1-2-6(10)4-7/h1-4,9-10H,5H2. The second kappa shape index (κ2) is 3.61. The van der Waals surface area contributed by atoms with Crippen molar-refractivity contribution in [3.63, 3.8) is 0 Å². The maximum Gasteiger partial charge on any atom is 0.276 e. The lowest BCUT2D eigenvalue weighted by molar-refractivity contribution is -0.120. The smallest absolute Gasteiger partial charge is 0.276 e. The highest BCUT2D eigenvalue weighted by molar-refractivity contribution is 5.74. The molecule has 4 heteroatoms. The van der Waals surface area contributed by atoms with Crippen molar-refractivity contribution >= 4 is 5.91 Å². The van der Waals surface area contributed by atoms with E-state index in [0.29, 0.717) is 5.75 Å². The fourth-order valence-corrected chi connectivity index (χ4v) is 0.722. The van der Waals surface area contributed by atoms with Gasteiger partial charge in [0.05, 0.1) is 0 Å². The van der Waals surface area contributed by atoms with Crippen molar-refractivity contribution in [3.05, 3.63) is 24.3 Å². The Morgan fingerprint density at radius 3 is 2.92 bits per heavy atom. The molecule has 1 amide bonds. The van der Waals surface area contributed by atoms with Crippen LogP contribution in [0.2, 0.25) is 0 Å². The lowest BCUT2D eigenvalue weighted by Crippen LogP contribution is -2.10. The van der Waals surface area contributed by atoms with Gasteiger partial charge in [-0.3, -0.25) is 10.5 Å². The van der Waals surface area contributed by atoms with Gasteiger partial charge in [0.25, 0.3) is 5.91 Å². The first-order valence-electron chi connectivity index (χ1n) is 3.35. The lowest BCUT2D eigenvalue weighted by atomic mass is 10.3. The molecule has 1 radical (unpaired) electrons. The fraction of sp³-hybridized carbons (Fsp3) is 0.125. The van der Waals surface area contributed by atoms with E-state index in [2.05, 4.69) is 0 Å². The Balaban J connectivity index is 2.57. The van der Waals surface area contributed by atoms with Crippen LogP contribution in [0.25, 0.3) is 0 Å². The van der Waals surface area contributed by atoms with Crippen molar-refractivity contribution < 1.29 is 14.6 Å². The minimum absolute atomic E-state index is 0.0740. The highest BCUT2D eigenvalue weighted by Crippen LogP contribution is 2.17. The largest absolute Gasteiger partial charge is 0.508 e. The predicted molar refractivity (Wildman–Crippen MR) is 41.7 cm³/mol. The van der Waals surface area contributed by atoms with Gasteiger partial charge in [0, 0.05) is 6.07 Å². The predicted octanol–water partition coefficient (Wildman–Crippen LogP) is 0.581. The van der Waals surface area contributed by atoms with Crippen LogP contribution in [0.4, 0.5) is 0 Å². The molecule has 12 heavy (non-hydrogen) atoms. The van der Waals surface area contributed by atoms with Gasteiger partial charge in [0.1, 0.15) is 11.5 Å². The Hall–Kier alpha value is -1.71. The molecule has 1 aromatic carbocycles. The Labute approximate surface area is 69.6 Å². The highest BCUT2D eigenvalue weighted by Gasteiger charge is 1.97. The van der Waals surface area contributed by atoms with Crippen LogP contribution in [0, 0.1) is 0 Å². The van der Waals surface area contributed by atoms with Crippen LogP contribution >= 0.6 is 0 Å². The number of phenols is 1. The molecule has 0 saturated carbocycles. The van der Waals surface area contributed by atoms with Crippen molar-refractivity contribution in [2.24, 2.45) is 0 Å². The number of rotatable bonds is 3. The number of aromatic hydroxyl groups is 1. The third-order valence-electron chi connectivity index (χ3n) is 1.19. The van der Waals surface area contributed by atoms with Gasteiger partial charge in [0.15, 0.2) is 6.61 Å². The molecular weight excluding hydrogens is 158 g/mol. The molecule has 0 aliphatic heterocycles. The molecule has 0 unspecified atom stereocenters. The molecule has 63 valence electrons. The SMILES string of the molecule is [NH]C(=O)COc1cccc(O)c1. The van der Waals surface area contributed by atoms with Crippen LogP contribution in [-0.2, 0) is 4.79 Å². The molecule has 0 atom stereocenters. The maximum absolute atomic E-state index is 10.2. The molecule has 0 saturated heterocycles. The summed E-state index contributed by atoms with van der Waals surface area (Å²) < 4.78 is 4.85. The van der Waals surface area contributed by atoms with Gasteiger partial charge in [-0.05, 0) is 12.1 Å². The number of nitrogens with one attached hydrogen (secondary N) is 1. The zero-order valence-corrected chi connectivity index (χ0v) is 6.28. The molecule has 0 heterocycles. The van der Waals surface area contributed by atoms with Gasteiger partial charge in [-0.15, -0.1) is 0 Å². The van der Waals surface area contributed by atoms with E-state index in [9.17, 15) is 4.79 Å². The summed E-state index contributed by atoms with van der Waals surface area (Å²) in [7, 11) is 0. The first-order valence-corrected chi connectivity index (χ1v) is 3.35. The van der Waals surface area contributed by atoms with E-state index < -0.39 is 5.91 Å². The molecular formula is C8H8NO3. The van der Waals surface area contributed by atoms with Gasteiger partial charge in [-0.25, -0.2) is 0 Å². The zero-order chi connectivity index (χ0) is 8.97. The maximum atomic E-state index is 10.2. The molecule has 0 aliphatic rings. The van der Waals surface area contributed by atoms with Gasteiger partial charge in [0.2, 0.25) is 0 Å². The van der Waals surface area contributed by atoms with E-state index in [1.165, 1.54) is 12.1 Å². The number of benzene rings is 1. The third kappa shape index (κ3) is 2.49. The van der Waals surface area contributed by atoms with Crippen molar-refractivity contribution in [2.75, 3.05) is 6.61 Å². The van der Waals surface area contributed by atoms with Crippen LogP contribution in [0.3, 0.4) is 0 Å². The monoisotopic (exact) mass is 166 g/mol. The molecule has 0 aromatic heterocycles. The minimum Gasteiger partial charge on any atom is -0.508 e. The summed E-state index contributed by atoms with van der Waals surface area (Å²) in [6.45, 7) is -0.288. The lowest BCUT2D eigenvalue weighted by Gasteiger charge is -2.02. The number of amides is 1. The van der Waals surface area contributed by atoms with Gasteiger partial charge >= 0.3 is 0 Å². The summed E-state index contributed by atoms with van der Waals surface area (Å²) in [6.07, 6.45) is 0. The normalized spacial score (nSPS) is 9.33. The second-order valence-electron chi connectivity index (χ2n) is 2.21. The average molecular weight is 166 g/mol. The summed E-state index contributed by atoms with van der Waals surface area (Å²) in [6, 6.07) is 6.07. The molecule has 0 spiro atoms. The third-order valence-corrected chi connectivity index (χ3v) is 1.19. The molecule has 4 nitrogen and oxygen atoms in total. The number of ether oxygens (including phenoxy) is 1. The summed E-state index contributed by atoms with van der Waals surface area (Å²) >= 11 is 0.